The highest BCUT2D eigenvalue weighted by Gasteiger charge is 2.11. The molecule has 0 aliphatic rings. The molecule has 0 saturated carbocycles. The first-order chi connectivity index (χ1) is 10.5. The van der Waals surface area contributed by atoms with Gasteiger partial charge in [0.15, 0.2) is 0 Å². The smallest absolute Gasteiger partial charge is 0.284 e. The van der Waals surface area contributed by atoms with Gasteiger partial charge in [0, 0.05) is 18.3 Å². The highest BCUT2D eigenvalue weighted by Crippen LogP contribution is 2.31. The van der Waals surface area contributed by atoms with Gasteiger partial charge in [0.1, 0.15) is 17.2 Å². The SMILES string of the molecule is COc1ccc(OC)c(N=Cc2ccc(Br)c([N+](=O)[O-])c2)c1. The molecule has 2 aromatic carbocycles. The quantitative estimate of drug-likeness (QED) is 0.454. The number of ether oxygens (including phenoxy) is 2. The highest BCUT2D eigenvalue weighted by atomic mass is 79.9. The van der Waals surface area contributed by atoms with E-state index in [0.29, 0.717) is 27.2 Å². The van der Waals surface area contributed by atoms with Crippen LogP contribution in [0.2, 0.25) is 0 Å². The van der Waals surface area contributed by atoms with Gasteiger partial charge in [0.2, 0.25) is 0 Å². The molecule has 6 nitrogen and oxygen atoms in total. The highest BCUT2D eigenvalue weighted by molar-refractivity contribution is 9.10. The van der Waals surface area contributed by atoms with Crippen LogP contribution in [0, 0.1) is 10.1 Å². The van der Waals surface area contributed by atoms with Gasteiger partial charge in [-0.3, -0.25) is 15.1 Å². The number of halogens is 1. The molecule has 0 spiro atoms. The maximum absolute atomic E-state index is 10.9. The zero-order valence-corrected chi connectivity index (χ0v) is 13.5. The summed E-state index contributed by atoms with van der Waals surface area (Å²) in [6.45, 7) is 0. The topological polar surface area (TPSA) is 74.0 Å². The van der Waals surface area contributed by atoms with Crippen molar-refractivity contribution in [2.45, 2.75) is 0 Å². The second-order valence-corrected chi connectivity index (χ2v) is 5.12. The fourth-order valence-electron chi connectivity index (χ4n) is 1.79. The zero-order chi connectivity index (χ0) is 16.1. The third kappa shape index (κ3) is 3.62. The van der Waals surface area contributed by atoms with Gasteiger partial charge in [-0.2, -0.15) is 0 Å². The van der Waals surface area contributed by atoms with E-state index in [1.165, 1.54) is 12.3 Å². The second-order valence-electron chi connectivity index (χ2n) is 4.26. The van der Waals surface area contributed by atoms with Gasteiger partial charge < -0.3 is 9.47 Å². The number of hydrogen-bond donors (Lipinski definition) is 0. The normalized spacial score (nSPS) is 10.7. The van der Waals surface area contributed by atoms with E-state index in [0.717, 1.165) is 0 Å². The average Bonchev–Trinajstić information content (AvgIpc) is 2.53. The largest absolute Gasteiger partial charge is 0.497 e. The van der Waals surface area contributed by atoms with Crippen molar-refractivity contribution in [1.29, 1.82) is 0 Å². The van der Waals surface area contributed by atoms with E-state index in [1.54, 1.807) is 44.6 Å². The Bertz CT molecular complexity index is 731. The Morgan fingerprint density at radius 3 is 2.59 bits per heavy atom. The molecule has 2 rings (SSSR count). The minimum Gasteiger partial charge on any atom is -0.497 e. The number of benzene rings is 2. The number of nitro benzene ring substituents is 1. The fourth-order valence-corrected chi connectivity index (χ4v) is 2.18. The molecule has 114 valence electrons. The molecule has 0 bridgehead atoms. The van der Waals surface area contributed by atoms with Crippen LogP contribution in [0.5, 0.6) is 11.5 Å². The molecule has 22 heavy (non-hydrogen) atoms. The summed E-state index contributed by atoms with van der Waals surface area (Å²) in [6.07, 6.45) is 1.54. The van der Waals surface area contributed by atoms with Crippen LogP contribution in [0.1, 0.15) is 5.56 Å². The van der Waals surface area contributed by atoms with Crippen LogP contribution in [0.15, 0.2) is 45.9 Å². The first-order valence-electron chi connectivity index (χ1n) is 6.25. The van der Waals surface area contributed by atoms with Gasteiger partial charge in [-0.1, -0.05) is 6.07 Å². The van der Waals surface area contributed by atoms with Crippen LogP contribution in [-0.4, -0.2) is 25.4 Å². The van der Waals surface area contributed by atoms with Crippen molar-refractivity contribution in [2.75, 3.05) is 14.2 Å². The van der Waals surface area contributed by atoms with Gasteiger partial charge in [-0.05, 0) is 39.7 Å². The third-order valence-corrected chi connectivity index (χ3v) is 3.58. The van der Waals surface area contributed by atoms with Crippen LogP contribution in [0.25, 0.3) is 0 Å². The van der Waals surface area contributed by atoms with Crippen molar-refractivity contribution < 1.29 is 14.4 Å². The lowest BCUT2D eigenvalue weighted by Gasteiger charge is -2.06. The lowest BCUT2D eigenvalue weighted by Crippen LogP contribution is -1.92. The summed E-state index contributed by atoms with van der Waals surface area (Å²) in [6, 6.07) is 10.0. The molecular weight excluding hydrogens is 352 g/mol. The van der Waals surface area contributed by atoms with Crippen molar-refractivity contribution in [3.63, 3.8) is 0 Å². The van der Waals surface area contributed by atoms with Crippen molar-refractivity contribution >= 4 is 33.5 Å². The van der Waals surface area contributed by atoms with Crippen LogP contribution in [-0.2, 0) is 0 Å². The van der Waals surface area contributed by atoms with E-state index in [2.05, 4.69) is 20.9 Å². The number of nitro groups is 1. The number of aliphatic imine (C=N–C) groups is 1. The molecule has 0 heterocycles. The summed E-state index contributed by atoms with van der Waals surface area (Å²) in [5, 5.41) is 10.9. The molecule has 2 aromatic rings. The summed E-state index contributed by atoms with van der Waals surface area (Å²) in [4.78, 5) is 14.8. The standard InChI is InChI=1S/C15H13BrN2O4/c1-21-11-4-6-15(22-2)13(8-11)17-9-10-3-5-12(16)14(7-10)18(19)20/h3-9H,1-2H3. The molecule has 0 aromatic heterocycles. The van der Waals surface area contributed by atoms with Gasteiger partial charge in [-0.15, -0.1) is 0 Å². The lowest BCUT2D eigenvalue weighted by atomic mass is 10.2. The molecule has 7 heteroatoms. The fraction of sp³-hybridized carbons (Fsp3) is 0.133. The van der Waals surface area contributed by atoms with Gasteiger partial charge in [-0.25, -0.2) is 0 Å². The van der Waals surface area contributed by atoms with Crippen LogP contribution < -0.4 is 9.47 Å². The predicted octanol–water partition coefficient (Wildman–Crippen LogP) is 4.13. The summed E-state index contributed by atoms with van der Waals surface area (Å²) in [5.41, 5.74) is 1.17. The summed E-state index contributed by atoms with van der Waals surface area (Å²) in [5.74, 6) is 1.23. The van der Waals surface area contributed by atoms with Gasteiger partial charge >= 0.3 is 0 Å². The Morgan fingerprint density at radius 1 is 1.18 bits per heavy atom. The number of rotatable bonds is 5. The number of methoxy groups -OCH3 is 2. The lowest BCUT2D eigenvalue weighted by molar-refractivity contribution is -0.385. The summed E-state index contributed by atoms with van der Waals surface area (Å²) < 4.78 is 10.8. The Kier molecular flexibility index (Phi) is 5.11. The van der Waals surface area contributed by atoms with Crippen molar-refractivity contribution in [3.8, 4) is 11.5 Å². The molecule has 0 aliphatic heterocycles. The molecule has 0 aliphatic carbocycles. The van der Waals surface area contributed by atoms with Crippen LogP contribution >= 0.6 is 15.9 Å². The first-order valence-corrected chi connectivity index (χ1v) is 7.04. The maximum atomic E-state index is 10.9. The molecule has 0 radical (unpaired) electrons. The van der Waals surface area contributed by atoms with Crippen molar-refractivity contribution in [3.05, 3.63) is 56.5 Å². The Balaban J connectivity index is 2.36. The maximum Gasteiger partial charge on any atom is 0.284 e. The molecule has 0 amide bonds. The molecule has 0 N–H and O–H groups in total. The minimum atomic E-state index is -0.451. The minimum absolute atomic E-state index is 0.0124. The first kappa shape index (κ1) is 16.0. The molecule has 0 fully saturated rings. The number of nitrogens with zero attached hydrogens (tertiary/aromatic N) is 2. The summed E-state index contributed by atoms with van der Waals surface area (Å²) in [7, 11) is 3.11. The van der Waals surface area contributed by atoms with E-state index in [9.17, 15) is 10.1 Å². The van der Waals surface area contributed by atoms with Gasteiger partial charge in [0.05, 0.1) is 23.6 Å². The number of hydrogen-bond acceptors (Lipinski definition) is 5. The van der Waals surface area contributed by atoms with E-state index < -0.39 is 4.92 Å². The van der Waals surface area contributed by atoms with Crippen molar-refractivity contribution in [1.82, 2.24) is 0 Å². The van der Waals surface area contributed by atoms with E-state index >= 15 is 0 Å². The Morgan fingerprint density at radius 2 is 1.95 bits per heavy atom. The molecule has 0 saturated heterocycles. The zero-order valence-electron chi connectivity index (χ0n) is 11.9. The molecule has 0 atom stereocenters. The van der Waals surface area contributed by atoms with Crippen molar-refractivity contribution in [2.24, 2.45) is 4.99 Å². The predicted molar refractivity (Wildman–Crippen MR) is 87.6 cm³/mol. The van der Waals surface area contributed by atoms with Gasteiger partial charge in [0.25, 0.3) is 5.69 Å². The monoisotopic (exact) mass is 364 g/mol. The van der Waals surface area contributed by atoms with Crippen LogP contribution in [0.3, 0.4) is 0 Å². The van der Waals surface area contributed by atoms with Crippen LogP contribution in [0.4, 0.5) is 11.4 Å². The van der Waals surface area contributed by atoms with E-state index in [4.69, 9.17) is 9.47 Å². The average molecular weight is 365 g/mol. The second kappa shape index (κ2) is 7.04. The van der Waals surface area contributed by atoms with E-state index in [-0.39, 0.29) is 5.69 Å². The Labute approximate surface area is 135 Å². The third-order valence-electron chi connectivity index (χ3n) is 2.91. The summed E-state index contributed by atoms with van der Waals surface area (Å²) >= 11 is 3.15. The van der Waals surface area contributed by atoms with E-state index in [1.807, 2.05) is 0 Å². The molecule has 0 unspecified atom stereocenters. The Hall–Kier alpha value is -2.41. The molecular formula is C15H13BrN2O4.